The van der Waals surface area contributed by atoms with Gasteiger partial charge in [0.05, 0.1) is 0 Å². The third-order valence-corrected chi connectivity index (χ3v) is 3.24. The van der Waals surface area contributed by atoms with E-state index >= 15 is 0 Å². The van der Waals surface area contributed by atoms with Crippen LogP contribution >= 0.6 is 12.2 Å². The van der Waals surface area contributed by atoms with E-state index in [1.165, 1.54) is 12.1 Å². The van der Waals surface area contributed by atoms with Crippen LogP contribution in [0.3, 0.4) is 0 Å². The Bertz CT molecular complexity index is 656. The van der Waals surface area contributed by atoms with Crippen molar-refractivity contribution in [2.75, 3.05) is 12.4 Å². The fourth-order valence-corrected chi connectivity index (χ4v) is 2.00. The minimum absolute atomic E-state index is 0.136. The molecule has 22 heavy (non-hydrogen) atoms. The molecule has 2 rings (SSSR count). The van der Waals surface area contributed by atoms with Crippen molar-refractivity contribution >= 4 is 28.9 Å². The quantitative estimate of drug-likeness (QED) is 0.759. The lowest BCUT2D eigenvalue weighted by Crippen LogP contribution is -2.27. The van der Waals surface area contributed by atoms with E-state index in [9.17, 15) is 9.18 Å². The molecule has 6 heteroatoms. The third kappa shape index (κ3) is 4.53. The van der Waals surface area contributed by atoms with Crippen molar-refractivity contribution in [3.63, 3.8) is 0 Å². The minimum atomic E-state index is -0.263. The number of thiocarbonyl (C=S) groups is 1. The second-order valence-corrected chi connectivity index (χ2v) is 5.00. The molecule has 0 fully saturated rings. The number of halogens is 1. The summed E-state index contributed by atoms with van der Waals surface area (Å²) in [5.41, 5.74) is 2.29. The van der Waals surface area contributed by atoms with Gasteiger partial charge in [0.1, 0.15) is 5.82 Å². The van der Waals surface area contributed by atoms with Gasteiger partial charge < -0.3 is 16.0 Å². The SMILES string of the molecule is CNC(=O)c1ccc(NC(=S)NCc2ccc(F)cc2)cc1. The summed E-state index contributed by atoms with van der Waals surface area (Å²) in [6.07, 6.45) is 0. The van der Waals surface area contributed by atoms with Crippen molar-refractivity contribution in [2.24, 2.45) is 0 Å². The molecule has 114 valence electrons. The van der Waals surface area contributed by atoms with Crippen LogP contribution in [-0.4, -0.2) is 18.1 Å². The molecule has 0 aliphatic rings. The van der Waals surface area contributed by atoms with Gasteiger partial charge in [-0.2, -0.15) is 0 Å². The zero-order valence-corrected chi connectivity index (χ0v) is 12.8. The molecule has 0 aliphatic heterocycles. The molecule has 2 aromatic rings. The smallest absolute Gasteiger partial charge is 0.251 e. The maximum absolute atomic E-state index is 12.8. The number of hydrogen-bond acceptors (Lipinski definition) is 2. The summed E-state index contributed by atoms with van der Waals surface area (Å²) in [6, 6.07) is 13.2. The Morgan fingerprint density at radius 2 is 1.73 bits per heavy atom. The first-order valence-corrected chi connectivity index (χ1v) is 7.11. The maximum atomic E-state index is 12.8. The summed E-state index contributed by atoms with van der Waals surface area (Å²) in [5, 5.41) is 9.07. The van der Waals surface area contributed by atoms with Crippen LogP contribution in [-0.2, 0) is 6.54 Å². The number of rotatable bonds is 4. The third-order valence-electron chi connectivity index (χ3n) is 3.00. The zero-order valence-electron chi connectivity index (χ0n) is 12.0. The predicted molar refractivity (Wildman–Crippen MR) is 89.3 cm³/mol. The highest BCUT2D eigenvalue weighted by Crippen LogP contribution is 2.09. The first-order chi connectivity index (χ1) is 10.6. The molecular formula is C16H16FN3OS. The molecule has 0 atom stereocenters. The average Bonchev–Trinajstić information content (AvgIpc) is 2.54. The molecule has 1 amide bonds. The summed E-state index contributed by atoms with van der Waals surface area (Å²) >= 11 is 5.19. The van der Waals surface area contributed by atoms with E-state index in [1.54, 1.807) is 43.4 Å². The van der Waals surface area contributed by atoms with E-state index in [1.807, 2.05) is 0 Å². The van der Waals surface area contributed by atoms with E-state index in [0.717, 1.165) is 11.3 Å². The molecule has 0 saturated heterocycles. The van der Waals surface area contributed by atoms with Gasteiger partial charge in [0.2, 0.25) is 0 Å². The molecule has 0 spiro atoms. The fraction of sp³-hybridized carbons (Fsp3) is 0.125. The maximum Gasteiger partial charge on any atom is 0.251 e. The van der Waals surface area contributed by atoms with Crippen molar-refractivity contribution in [2.45, 2.75) is 6.54 Å². The lowest BCUT2D eigenvalue weighted by atomic mass is 10.2. The molecule has 0 saturated carbocycles. The largest absolute Gasteiger partial charge is 0.358 e. The molecule has 2 aromatic carbocycles. The van der Waals surface area contributed by atoms with Crippen LogP contribution in [0.4, 0.5) is 10.1 Å². The van der Waals surface area contributed by atoms with Crippen molar-refractivity contribution in [1.29, 1.82) is 0 Å². The number of carbonyl (C=O) groups is 1. The molecule has 0 radical (unpaired) electrons. The van der Waals surface area contributed by atoms with Crippen LogP contribution in [0.2, 0.25) is 0 Å². The zero-order chi connectivity index (χ0) is 15.9. The highest BCUT2D eigenvalue weighted by atomic mass is 32.1. The Hall–Kier alpha value is -2.47. The molecule has 3 N–H and O–H groups in total. The second kappa shape index (κ2) is 7.51. The molecule has 0 unspecified atom stereocenters. The highest BCUT2D eigenvalue weighted by molar-refractivity contribution is 7.80. The van der Waals surface area contributed by atoms with Crippen LogP contribution in [0, 0.1) is 5.82 Å². The van der Waals surface area contributed by atoms with Crippen LogP contribution in [0.15, 0.2) is 48.5 Å². The predicted octanol–water partition coefficient (Wildman–Crippen LogP) is 2.67. The second-order valence-electron chi connectivity index (χ2n) is 4.59. The number of anilines is 1. The van der Waals surface area contributed by atoms with Crippen molar-refractivity contribution < 1.29 is 9.18 Å². The normalized spacial score (nSPS) is 9.91. The lowest BCUT2D eigenvalue weighted by Gasteiger charge is -2.11. The molecular weight excluding hydrogens is 301 g/mol. The standard InChI is InChI=1S/C16H16FN3OS/c1-18-15(21)12-4-8-14(9-5-12)20-16(22)19-10-11-2-6-13(17)7-3-11/h2-9H,10H2,1H3,(H,18,21)(H2,19,20,22). The number of carbonyl (C=O) groups excluding carboxylic acids is 1. The van der Waals surface area contributed by atoms with Gasteiger partial charge in [0.15, 0.2) is 5.11 Å². The van der Waals surface area contributed by atoms with Gasteiger partial charge in [-0.1, -0.05) is 12.1 Å². The van der Waals surface area contributed by atoms with Crippen molar-refractivity contribution in [1.82, 2.24) is 10.6 Å². The number of nitrogens with one attached hydrogen (secondary N) is 3. The lowest BCUT2D eigenvalue weighted by molar-refractivity contribution is 0.0963. The van der Waals surface area contributed by atoms with E-state index in [0.29, 0.717) is 17.2 Å². The van der Waals surface area contributed by atoms with Gasteiger partial charge >= 0.3 is 0 Å². The molecule has 0 aromatic heterocycles. The summed E-state index contributed by atoms with van der Waals surface area (Å²) < 4.78 is 12.8. The molecule has 4 nitrogen and oxygen atoms in total. The summed E-state index contributed by atoms with van der Waals surface area (Å²) in [4.78, 5) is 11.4. The Kier molecular flexibility index (Phi) is 5.43. The summed E-state index contributed by atoms with van der Waals surface area (Å²) in [5.74, 6) is -0.399. The van der Waals surface area contributed by atoms with Gasteiger partial charge in [-0.05, 0) is 54.2 Å². The van der Waals surface area contributed by atoms with E-state index in [4.69, 9.17) is 12.2 Å². The number of hydrogen-bond donors (Lipinski definition) is 3. The van der Waals surface area contributed by atoms with Crippen molar-refractivity contribution in [3.8, 4) is 0 Å². The average molecular weight is 317 g/mol. The van der Waals surface area contributed by atoms with Crippen LogP contribution in [0.25, 0.3) is 0 Å². The van der Waals surface area contributed by atoms with Crippen molar-refractivity contribution in [3.05, 3.63) is 65.5 Å². The Balaban J connectivity index is 1.86. The fourth-order valence-electron chi connectivity index (χ4n) is 1.81. The van der Waals surface area contributed by atoms with Crippen LogP contribution < -0.4 is 16.0 Å². The van der Waals surface area contributed by atoms with Crippen LogP contribution in [0.1, 0.15) is 15.9 Å². The molecule has 0 bridgehead atoms. The first-order valence-electron chi connectivity index (χ1n) is 6.70. The molecule has 0 heterocycles. The monoisotopic (exact) mass is 317 g/mol. The highest BCUT2D eigenvalue weighted by Gasteiger charge is 2.03. The Morgan fingerprint density at radius 1 is 1.09 bits per heavy atom. The number of benzene rings is 2. The first kappa shape index (κ1) is 15.9. The molecule has 0 aliphatic carbocycles. The minimum Gasteiger partial charge on any atom is -0.358 e. The van der Waals surface area contributed by atoms with Gasteiger partial charge in [-0.15, -0.1) is 0 Å². The Labute approximate surface area is 133 Å². The van der Waals surface area contributed by atoms with E-state index in [-0.39, 0.29) is 11.7 Å². The van der Waals surface area contributed by atoms with Gasteiger partial charge in [-0.3, -0.25) is 4.79 Å². The van der Waals surface area contributed by atoms with E-state index < -0.39 is 0 Å². The van der Waals surface area contributed by atoms with Gasteiger partial charge in [0, 0.05) is 24.8 Å². The van der Waals surface area contributed by atoms with E-state index in [2.05, 4.69) is 16.0 Å². The van der Waals surface area contributed by atoms with Gasteiger partial charge in [-0.25, -0.2) is 4.39 Å². The summed E-state index contributed by atoms with van der Waals surface area (Å²) in [7, 11) is 1.59. The summed E-state index contributed by atoms with van der Waals surface area (Å²) in [6.45, 7) is 0.502. The van der Waals surface area contributed by atoms with Crippen LogP contribution in [0.5, 0.6) is 0 Å². The Morgan fingerprint density at radius 3 is 2.32 bits per heavy atom. The van der Waals surface area contributed by atoms with Gasteiger partial charge in [0.25, 0.3) is 5.91 Å². The topological polar surface area (TPSA) is 53.2 Å². The number of amides is 1.